The van der Waals surface area contributed by atoms with E-state index in [4.69, 9.17) is 5.11 Å². The number of hydrogen-bond acceptors (Lipinski definition) is 2. The number of rotatable bonds is 13. The Hall–Kier alpha value is -0.180. The van der Waals surface area contributed by atoms with Crippen molar-refractivity contribution < 1.29 is 9.90 Å². The Morgan fingerprint density at radius 3 is 1.79 bits per heavy atom. The zero-order chi connectivity index (χ0) is 13.6. The topological polar surface area (TPSA) is 37.3 Å². The van der Waals surface area contributed by atoms with Crippen LogP contribution < -0.4 is 0 Å². The zero-order valence-electron chi connectivity index (χ0n) is 12.1. The molecule has 116 valence electrons. The molecule has 1 N–H and O–H groups in total. The maximum atomic E-state index is 10.6. The van der Waals surface area contributed by atoms with E-state index < -0.39 is 5.97 Å². The molecule has 0 aliphatic carbocycles. The predicted molar refractivity (Wildman–Crippen MR) is 88.1 cm³/mol. The normalized spacial score (nSPS) is 11.9. The molecule has 3 heteroatoms. The third kappa shape index (κ3) is 15.8. The first-order valence-electron chi connectivity index (χ1n) is 7.53. The van der Waals surface area contributed by atoms with Crippen molar-refractivity contribution in [2.24, 2.45) is 0 Å². The first-order chi connectivity index (χ1) is 8.68. The highest BCUT2D eigenvalue weighted by Crippen LogP contribution is 2.15. The number of thioether (sulfide) groups is 1. The highest BCUT2D eigenvalue weighted by Gasteiger charge is 2.09. The van der Waals surface area contributed by atoms with Crippen molar-refractivity contribution in [2.45, 2.75) is 90.7 Å². The maximum absolute atomic E-state index is 10.6. The Morgan fingerprint density at radius 2 is 1.37 bits per heavy atom. The molecule has 0 heterocycles. The highest BCUT2D eigenvalue weighted by atomic mass is 32.2. The number of carboxylic acids is 1. The molecule has 19 heavy (non-hydrogen) atoms. The van der Waals surface area contributed by atoms with Crippen molar-refractivity contribution in [2.75, 3.05) is 5.75 Å². The summed E-state index contributed by atoms with van der Waals surface area (Å²) in [5.41, 5.74) is 0. The van der Waals surface area contributed by atoms with Crippen LogP contribution in [0.1, 0.15) is 85.5 Å². The quantitative estimate of drug-likeness (QED) is 0.439. The van der Waals surface area contributed by atoms with Crippen LogP contribution in [0.5, 0.6) is 0 Å². The number of aliphatic carboxylic acids is 1. The lowest BCUT2D eigenvalue weighted by atomic mass is 10.1. The molecule has 0 spiro atoms. The third-order valence-electron chi connectivity index (χ3n) is 3.21. The molecular formula is C16H34O2S. The molecule has 0 amide bonds. The van der Waals surface area contributed by atoms with E-state index in [1.807, 2.05) is 0 Å². The second-order valence-electron chi connectivity index (χ2n) is 5.03. The largest absolute Gasteiger partial charge is 0.480 e. The van der Waals surface area contributed by atoms with Crippen LogP contribution in [0.2, 0.25) is 0 Å². The molecule has 1 atom stereocenters. The molecule has 0 aromatic carbocycles. The van der Waals surface area contributed by atoms with Crippen molar-refractivity contribution in [3.63, 3.8) is 0 Å². The lowest BCUT2D eigenvalue weighted by molar-refractivity contribution is -0.136. The van der Waals surface area contributed by atoms with Gasteiger partial charge in [-0.3, -0.25) is 4.79 Å². The number of hydrogen-bond donors (Lipinski definition) is 1. The fourth-order valence-corrected chi connectivity index (χ4v) is 2.79. The molecule has 0 aromatic heterocycles. The van der Waals surface area contributed by atoms with Crippen LogP contribution in [0.15, 0.2) is 0 Å². The van der Waals surface area contributed by atoms with E-state index in [2.05, 4.69) is 6.92 Å². The zero-order valence-corrected chi connectivity index (χ0v) is 12.9. The average molecular weight is 291 g/mol. The van der Waals surface area contributed by atoms with Gasteiger partial charge in [0, 0.05) is 0 Å². The summed E-state index contributed by atoms with van der Waals surface area (Å²) in [5.74, 6) is 0.302. The molecule has 0 radical (unpaired) electrons. The molecule has 0 aliphatic rings. The van der Waals surface area contributed by atoms with Crippen LogP contribution in [-0.2, 0) is 4.79 Å². The molecule has 0 saturated heterocycles. The van der Waals surface area contributed by atoms with Crippen molar-refractivity contribution >= 4 is 17.7 Å². The summed E-state index contributed by atoms with van der Waals surface area (Å²) in [6.45, 7) is 4.02. The Balaban J connectivity index is 0. The first-order valence-corrected chi connectivity index (χ1v) is 8.57. The van der Waals surface area contributed by atoms with Crippen molar-refractivity contribution in [1.29, 1.82) is 0 Å². The molecular weight excluding hydrogens is 256 g/mol. The van der Waals surface area contributed by atoms with E-state index in [9.17, 15) is 4.79 Å². The van der Waals surface area contributed by atoms with Gasteiger partial charge in [-0.1, -0.05) is 72.1 Å². The van der Waals surface area contributed by atoms with E-state index in [1.165, 1.54) is 57.8 Å². The minimum atomic E-state index is -0.688. The Labute approximate surface area is 124 Å². The van der Waals surface area contributed by atoms with Gasteiger partial charge in [0.25, 0.3) is 0 Å². The van der Waals surface area contributed by atoms with Gasteiger partial charge in [0.1, 0.15) is 0 Å². The van der Waals surface area contributed by atoms with Crippen LogP contribution in [-0.4, -0.2) is 22.1 Å². The van der Waals surface area contributed by atoms with E-state index in [-0.39, 0.29) is 12.7 Å². The Morgan fingerprint density at radius 1 is 0.947 bits per heavy atom. The molecule has 2 nitrogen and oxygen atoms in total. The van der Waals surface area contributed by atoms with Gasteiger partial charge >= 0.3 is 5.97 Å². The molecule has 0 bridgehead atoms. The van der Waals surface area contributed by atoms with Gasteiger partial charge in [-0.2, -0.15) is 0 Å². The fourth-order valence-electron chi connectivity index (χ4n) is 1.92. The lowest BCUT2D eigenvalue weighted by Crippen LogP contribution is -2.11. The van der Waals surface area contributed by atoms with Crippen molar-refractivity contribution in [3.05, 3.63) is 0 Å². The smallest absolute Gasteiger partial charge is 0.316 e. The molecule has 0 rings (SSSR count). The van der Waals surface area contributed by atoms with Crippen LogP contribution in [0.4, 0.5) is 0 Å². The van der Waals surface area contributed by atoms with Gasteiger partial charge in [-0.15, -0.1) is 11.8 Å². The number of carbonyl (C=O) groups is 1. The predicted octanol–water partition coefficient (Wildman–Crippen LogP) is 5.75. The summed E-state index contributed by atoms with van der Waals surface area (Å²) >= 11 is 1.56. The van der Waals surface area contributed by atoms with E-state index in [0.717, 1.165) is 12.2 Å². The van der Waals surface area contributed by atoms with E-state index in [0.29, 0.717) is 0 Å². The standard InChI is InChI=1S/C15H30O2S.CH4/c1-3-4-5-6-7-8-9-10-11-12-13-18-14(2)15(16)17;/h14H,3-13H2,1-2H3,(H,16,17);1H4. The average Bonchev–Trinajstić information content (AvgIpc) is 2.35. The Kier molecular flexibility index (Phi) is 17.7. The van der Waals surface area contributed by atoms with Gasteiger partial charge in [0.05, 0.1) is 5.25 Å². The molecule has 0 fully saturated rings. The SMILES string of the molecule is C.CCCCCCCCCCCCSC(C)C(=O)O. The fraction of sp³-hybridized carbons (Fsp3) is 0.938. The van der Waals surface area contributed by atoms with E-state index in [1.54, 1.807) is 18.7 Å². The summed E-state index contributed by atoms with van der Waals surface area (Å²) in [6.07, 6.45) is 13.4. The number of carboxylic acid groups (broad SMARTS) is 1. The van der Waals surface area contributed by atoms with Gasteiger partial charge in [-0.25, -0.2) is 0 Å². The van der Waals surface area contributed by atoms with Crippen LogP contribution in [0, 0.1) is 0 Å². The highest BCUT2D eigenvalue weighted by molar-refractivity contribution is 8.00. The molecule has 0 aromatic rings. The minimum absolute atomic E-state index is 0. The lowest BCUT2D eigenvalue weighted by Gasteiger charge is -2.05. The summed E-state index contributed by atoms with van der Waals surface area (Å²) in [5, 5.41) is 8.48. The number of unbranched alkanes of at least 4 members (excludes halogenated alkanes) is 9. The molecule has 1 unspecified atom stereocenters. The van der Waals surface area contributed by atoms with Gasteiger partial charge < -0.3 is 5.11 Å². The van der Waals surface area contributed by atoms with Gasteiger partial charge in [0.15, 0.2) is 0 Å². The molecule has 0 saturated carbocycles. The first kappa shape index (κ1) is 21.1. The van der Waals surface area contributed by atoms with Crippen LogP contribution >= 0.6 is 11.8 Å². The second kappa shape index (κ2) is 15.9. The van der Waals surface area contributed by atoms with E-state index >= 15 is 0 Å². The van der Waals surface area contributed by atoms with Crippen LogP contribution in [0.3, 0.4) is 0 Å². The summed E-state index contributed by atoms with van der Waals surface area (Å²) in [4.78, 5) is 10.6. The van der Waals surface area contributed by atoms with Crippen molar-refractivity contribution in [3.8, 4) is 0 Å². The minimum Gasteiger partial charge on any atom is -0.480 e. The van der Waals surface area contributed by atoms with Crippen molar-refractivity contribution in [1.82, 2.24) is 0 Å². The summed E-state index contributed by atoms with van der Waals surface area (Å²) in [6, 6.07) is 0. The monoisotopic (exact) mass is 290 g/mol. The van der Waals surface area contributed by atoms with Gasteiger partial charge in [-0.05, 0) is 19.1 Å². The summed E-state index contributed by atoms with van der Waals surface area (Å²) in [7, 11) is 0. The maximum Gasteiger partial charge on any atom is 0.316 e. The summed E-state index contributed by atoms with van der Waals surface area (Å²) < 4.78 is 0. The van der Waals surface area contributed by atoms with Gasteiger partial charge in [0.2, 0.25) is 0 Å². The Bertz CT molecular complexity index is 195. The second-order valence-corrected chi connectivity index (χ2v) is 6.48. The third-order valence-corrected chi connectivity index (χ3v) is 4.44. The molecule has 0 aliphatic heterocycles. The van der Waals surface area contributed by atoms with Crippen LogP contribution in [0.25, 0.3) is 0 Å².